The lowest BCUT2D eigenvalue weighted by Gasteiger charge is -2.51. The molecule has 4 rings (SSSR count). The Hall–Kier alpha value is -6.30. The maximum Gasteiger partial charge on any atom is 0.303 e. The Bertz CT molecular complexity index is 2470. The van der Waals surface area contributed by atoms with Crippen LogP contribution in [0.25, 0.3) is 0 Å². The van der Waals surface area contributed by atoms with Crippen LogP contribution in [0.3, 0.4) is 0 Å². The summed E-state index contributed by atoms with van der Waals surface area (Å²) < 4.78 is 114. The van der Waals surface area contributed by atoms with E-state index < -0.39 is 224 Å². The van der Waals surface area contributed by atoms with Gasteiger partial charge in [0.1, 0.15) is 56.4 Å². The van der Waals surface area contributed by atoms with Gasteiger partial charge in [-0.15, -0.1) is 0 Å². The van der Waals surface area contributed by atoms with Crippen LogP contribution in [0.2, 0.25) is 0 Å². The first kappa shape index (κ1) is 71.2. The zero-order chi connectivity index (χ0) is 63.9. The van der Waals surface area contributed by atoms with Crippen molar-refractivity contribution in [3.63, 3.8) is 0 Å². The highest BCUT2D eigenvalue weighted by Crippen LogP contribution is 2.41. The molecule has 85 heavy (non-hydrogen) atoms. The second-order valence-corrected chi connectivity index (χ2v) is 21.0. The fraction of sp³-hybridized carbons (Fsp3) is 0.735. The molecule has 0 aromatic carbocycles. The largest absolute Gasteiger partial charge is 0.463 e. The van der Waals surface area contributed by atoms with Gasteiger partial charge in [0.15, 0.2) is 67.7 Å². The fourth-order valence-corrected chi connectivity index (χ4v) is 8.97. The van der Waals surface area contributed by atoms with E-state index in [0.717, 1.165) is 83.1 Å². The van der Waals surface area contributed by atoms with Crippen LogP contribution in [-0.2, 0) is 152 Å². The average molecular weight is 1290 g/mol. The van der Waals surface area contributed by atoms with Crippen LogP contribution in [0, 0.1) is 5.41 Å². The van der Waals surface area contributed by atoms with Crippen LogP contribution < -0.4 is 0 Å². The molecule has 4 fully saturated rings. The predicted molar refractivity (Wildman–Crippen MR) is 269 cm³/mol. The van der Waals surface area contributed by atoms with Crippen molar-refractivity contribution in [2.45, 2.75) is 204 Å². The van der Waals surface area contributed by atoms with E-state index in [1.165, 1.54) is 0 Å². The topological polar surface area (TPSA) is 413 Å². The summed E-state index contributed by atoms with van der Waals surface area (Å²) in [5.74, 6) is -13.8. The maximum atomic E-state index is 13.3. The molecule has 4 heterocycles. The van der Waals surface area contributed by atoms with Crippen LogP contribution in [0.15, 0.2) is 0 Å². The van der Waals surface area contributed by atoms with Gasteiger partial charge >= 0.3 is 71.6 Å². The molecular formula is C49H64Cl3NO32. The van der Waals surface area contributed by atoms with Gasteiger partial charge in [0.05, 0.1) is 6.61 Å². The summed E-state index contributed by atoms with van der Waals surface area (Å²) in [7, 11) is 0. The molecule has 0 bridgehead atoms. The first-order chi connectivity index (χ1) is 39.6. The minimum Gasteiger partial charge on any atom is -0.463 e. The first-order valence-corrected chi connectivity index (χ1v) is 26.5. The molecule has 0 aromatic rings. The normalized spacial score (nSPS) is 31.8. The number of hydrogen-bond donors (Lipinski definition) is 1. The molecule has 1 N–H and O–H groups in total. The van der Waals surface area contributed by atoms with E-state index in [-0.39, 0.29) is 0 Å². The number of rotatable bonds is 22. The van der Waals surface area contributed by atoms with Crippen molar-refractivity contribution in [2.24, 2.45) is 0 Å². The third kappa shape index (κ3) is 21.6. The number of nitrogens with one attached hydrogen (secondary N) is 1. The van der Waals surface area contributed by atoms with Crippen LogP contribution in [-0.4, -0.2) is 224 Å². The summed E-state index contributed by atoms with van der Waals surface area (Å²) in [5, 5.41) is 8.35. The lowest BCUT2D eigenvalue weighted by atomic mass is 9.95. The van der Waals surface area contributed by atoms with Crippen LogP contribution in [0.4, 0.5) is 0 Å². The van der Waals surface area contributed by atoms with Crippen molar-refractivity contribution in [1.82, 2.24) is 0 Å². The quantitative estimate of drug-likeness (QED) is 0.0494. The van der Waals surface area contributed by atoms with Gasteiger partial charge in [-0.2, -0.15) is 0 Å². The summed E-state index contributed by atoms with van der Waals surface area (Å²) in [6, 6.07) is 0. The molecule has 19 atom stereocenters. The van der Waals surface area contributed by atoms with Gasteiger partial charge in [0, 0.05) is 83.1 Å². The molecule has 0 aromatic heterocycles. The Balaban J connectivity index is 2.18. The first-order valence-electron chi connectivity index (χ1n) is 25.4. The van der Waals surface area contributed by atoms with Crippen LogP contribution >= 0.6 is 34.8 Å². The summed E-state index contributed by atoms with van der Waals surface area (Å²) in [6.45, 7) is 7.79. The van der Waals surface area contributed by atoms with E-state index in [4.69, 9.17) is 135 Å². The molecule has 0 aliphatic carbocycles. The second kappa shape index (κ2) is 31.9. The second-order valence-electron chi connectivity index (χ2n) is 18.7. The molecule has 33 nitrogen and oxygen atoms in total. The Morgan fingerprint density at radius 3 is 1.04 bits per heavy atom. The third-order valence-electron chi connectivity index (χ3n) is 11.6. The molecule has 0 unspecified atom stereocenters. The fourth-order valence-electron chi connectivity index (χ4n) is 8.84. The Labute approximate surface area is 498 Å². The molecule has 0 saturated carbocycles. The number of alkyl halides is 3. The standard InChI is InChI=1S/C49H64Cl3NO32/c1-17(54)66-13-30-33(71-21(5)58)37(74-24(8)61)41(77-27(11)64)45(79-30)84-43-39(83-44-40(76-26(10)63)36(73-23(7)60)29(16-69-44)70-20(4)57)34(72-22(6)59)31(14-67-18(2)55)80-46(43)82-35-32(15-68-19(3)56)81-47(85-48(53)49(50,51)52)42(78-28(12)65)38(35)75-25(9)62/h29-47,53H,13-16H2,1-12H3/t29-,30-,31-,32-,33-,34-,35+,36+,37+,38+,39+,40-,41-,42-,43-,44+,45+,46+,47-/m1/s1. The zero-order valence-corrected chi connectivity index (χ0v) is 49.8. The van der Waals surface area contributed by atoms with Crippen LogP contribution in [0.1, 0.15) is 83.1 Å². The van der Waals surface area contributed by atoms with Crippen molar-refractivity contribution in [3.8, 4) is 0 Å². The number of halogens is 3. The van der Waals surface area contributed by atoms with E-state index in [1.54, 1.807) is 0 Å². The summed E-state index contributed by atoms with van der Waals surface area (Å²) in [5.41, 5.74) is 0. The van der Waals surface area contributed by atoms with Gasteiger partial charge in [0.25, 0.3) is 3.79 Å². The monoisotopic (exact) mass is 1280 g/mol. The smallest absolute Gasteiger partial charge is 0.303 e. The molecule has 0 spiro atoms. The van der Waals surface area contributed by atoms with Gasteiger partial charge in [-0.05, 0) is 0 Å². The number of esters is 12. The molecule has 36 heteroatoms. The molecular weight excluding hydrogens is 1220 g/mol. The van der Waals surface area contributed by atoms with Crippen LogP contribution in [0.5, 0.6) is 0 Å². The lowest BCUT2D eigenvalue weighted by Crippen LogP contribution is -2.70. The molecule has 4 aliphatic heterocycles. The van der Waals surface area contributed by atoms with Crippen molar-refractivity contribution in [2.75, 3.05) is 26.4 Å². The van der Waals surface area contributed by atoms with Crippen molar-refractivity contribution in [3.05, 3.63) is 0 Å². The minimum atomic E-state index is -2.63. The Morgan fingerprint density at radius 2 is 0.635 bits per heavy atom. The summed E-state index contributed by atoms with van der Waals surface area (Å²) in [4.78, 5) is 154. The maximum absolute atomic E-state index is 13.3. The summed E-state index contributed by atoms with van der Waals surface area (Å²) in [6.07, 6.45) is -38.3. The number of hydrogen-bond acceptors (Lipinski definition) is 33. The zero-order valence-electron chi connectivity index (χ0n) is 47.5. The van der Waals surface area contributed by atoms with Gasteiger partial charge in [-0.1, -0.05) is 34.8 Å². The average Bonchev–Trinajstić information content (AvgIpc) is 2.72. The number of ether oxygens (including phenoxy) is 20. The highest BCUT2D eigenvalue weighted by molar-refractivity contribution is 6.76. The van der Waals surface area contributed by atoms with E-state index in [0.29, 0.717) is 0 Å². The highest BCUT2D eigenvalue weighted by atomic mass is 35.6. The Morgan fingerprint density at radius 1 is 0.341 bits per heavy atom. The molecule has 4 saturated heterocycles. The third-order valence-corrected chi connectivity index (χ3v) is 12.1. The van der Waals surface area contributed by atoms with Crippen molar-refractivity contribution >= 4 is 112 Å². The summed E-state index contributed by atoms with van der Waals surface area (Å²) >= 11 is 17.8. The van der Waals surface area contributed by atoms with E-state index in [9.17, 15) is 57.5 Å². The van der Waals surface area contributed by atoms with E-state index >= 15 is 0 Å². The van der Waals surface area contributed by atoms with Crippen molar-refractivity contribution < 1.29 is 152 Å². The highest BCUT2D eigenvalue weighted by Gasteiger charge is 2.62. The molecule has 4 aliphatic rings. The predicted octanol–water partition coefficient (Wildman–Crippen LogP) is 0.112. The SMILES string of the molecule is CC(=O)OC[C@H]1O[C@H](OC(=N)C(Cl)(Cl)Cl)[C@H](OC(C)=O)[C@@H](OC(C)=O)[C@H]1O[C@@H]1O[C@H](COC(C)=O)[C@@H](OC(C)=O)[C@H](O[C@@H]2OC[C@@H](OC(C)=O)[C@H](OC(C)=O)[C@H]2OC(C)=O)[C@H]1O[C@@H]1O[C@H](COC(C)=O)[C@@H](OC(C)=O)[C@H](OC(C)=O)[C@H]1OC(C)=O. The lowest BCUT2D eigenvalue weighted by molar-refractivity contribution is -0.401. The number of carbonyl (C=O) groups is 12. The molecule has 0 radical (unpaired) electrons. The van der Waals surface area contributed by atoms with E-state index in [2.05, 4.69) is 0 Å². The van der Waals surface area contributed by atoms with Gasteiger partial charge in [-0.3, -0.25) is 62.9 Å². The minimum absolute atomic E-state index is 0.721. The van der Waals surface area contributed by atoms with Gasteiger partial charge < -0.3 is 94.7 Å². The van der Waals surface area contributed by atoms with Gasteiger partial charge in [-0.25, -0.2) is 0 Å². The molecule has 0 amide bonds. The Kier molecular flexibility index (Phi) is 26.7. The van der Waals surface area contributed by atoms with E-state index in [1.807, 2.05) is 0 Å². The molecule has 478 valence electrons. The number of carbonyl (C=O) groups excluding carboxylic acids is 12. The van der Waals surface area contributed by atoms with Crippen molar-refractivity contribution in [1.29, 1.82) is 5.41 Å². The van der Waals surface area contributed by atoms with Gasteiger partial charge in [0.2, 0.25) is 18.3 Å².